The maximum Gasteiger partial charge on any atom is 0.573 e. The van der Waals surface area contributed by atoms with Gasteiger partial charge >= 0.3 is 6.36 Å². The lowest BCUT2D eigenvalue weighted by molar-refractivity contribution is -0.274. The number of aromatic hydroxyl groups is 1. The zero-order chi connectivity index (χ0) is 24.3. The molecule has 1 atom stereocenters. The first-order valence-electron chi connectivity index (χ1n) is 10.7. The van der Waals surface area contributed by atoms with Crippen molar-refractivity contribution in [3.05, 3.63) is 66.7 Å². The summed E-state index contributed by atoms with van der Waals surface area (Å²) in [5.41, 5.74) is 7.58. The molecule has 6 nitrogen and oxygen atoms in total. The van der Waals surface area contributed by atoms with Gasteiger partial charge < -0.3 is 20.9 Å². The van der Waals surface area contributed by atoms with Gasteiger partial charge in [0, 0.05) is 23.5 Å². The number of halogens is 3. The van der Waals surface area contributed by atoms with E-state index in [1.165, 1.54) is 30.3 Å². The van der Waals surface area contributed by atoms with Gasteiger partial charge in [0.2, 0.25) is 0 Å². The minimum Gasteiger partial charge on any atom is -0.507 e. The molecule has 1 aromatic heterocycles. The number of nitrogens with one attached hydrogen (secondary N) is 1. The molecule has 0 radical (unpaired) electrons. The normalized spacial score (nSPS) is 12.5. The Balaban J connectivity index is 1.81. The molecular formula is C25H23F3N4O2. The number of nitrogens with two attached hydrogens (primary N) is 1. The van der Waals surface area contributed by atoms with E-state index >= 15 is 0 Å². The average Bonchev–Trinajstić information content (AvgIpc) is 2.82. The number of alkyl halides is 3. The van der Waals surface area contributed by atoms with Gasteiger partial charge in [0.1, 0.15) is 17.3 Å². The maximum absolute atomic E-state index is 12.9. The topological polar surface area (TPSA) is 93.3 Å². The van der Waals surface area contributed by atoms with E-state index in [1.807, 2.05) is 31.2 Å². The lowest BCUT2D eigenvalue weighted by Crippen LogP contribution is -2.28. The number of hydrogen-bond acceptors (Lipinski definition) is 6. The minimum atomic E-state index is -4.84. The number of hydrogen-bond donors (Lipinski definition) is 3. The van der Waals surface area contributed by atoms with Crippen LogP contribution in [0.15, 0.2) is 66.7 Å². The number of phenolic OH excluding ortho intramolecular Hbond substituents is 1. The van der Waals surface area contributed by atoms with Crippen molar-refractivity contribution in [2.45, 2.75) is 25.7 Å². The summed E-state index contributed by atoms with van der Waals surface area (Å²) in [5.74, 6) is 0.321. The maximum atomic E-state index is 12.9. The second-order valence-corrected chi connectivity index (χ2v) is 7.74. The highest BCUT2D eigenvalue weighted by Gasteiger charge is 2.32. The Bertz CT molecular complexity index is 1310. The molecule has 1 heterocycles. The Morgan fingerprint density at radius 3 is 2.50 bits per heavy atom. The number of rotatable bonds is 7. The van der Waals surface area contributed by atoms with E-state index in [0.29, 0.717) is 23.4 Å². The summed E-state index contributed by atoms with van der Waals surface area (Å²) in [6.45, 7) is 2.48. The van der Waals surface area contributed by atoms with Crippen LogP contribution in [0.2, 0.25) is 0 Å². The first-order valence-corrected chi connectivity index (χ1v) is 10.7. The molecule has 0 aliphatic heterocycles. The molecule has 0 saturated carbocycles. The van der Waals surface area contributed by atoms with E-state index in [-0.39, 0.29) is 34.5 Å². The van der Waals surface area contributed by atoms with Crippen molar-refractivity contribution < 1.29 is 23.0 Å². The van der Waals surface area contributed by atoms with Crippen LogP contribution >= 0.6 is 0 Å². The van der Waals surface area contributed by atoms with Gasteiger partial charge in [-0.15, -0.1) is 13.2 Å². The highest BCUT2D eigenvalue weighted by Crippen LogP contribution is 2.38. The Kier molecular flexibility index (Phi) is 6.56. The third-order valence-corrected chi connectivity index (χ3v) is 5.32. The highest BCUT2D eigenvalue weighted by atomic mass is 19.4. The van der Waals surface area contributed by atoms with Crippen molar-refractivity contribution in [3.63, 3.8) is 0 Å². The molecule has 0 saturated heterocycles. The van der Waals surface area contributed by atoms with Crippen molar-refractivity contribution in [2.24, 2.45) is 5.73 Å². The summed E-state index contributed by atoms with van der Waals surface area (Å²) in [6.07, 6.45) is -4.05. The summed E-state index contributed by atoms with van der Waals surface area (Å²) in [5, 5.41) is 14.6. The van der Waals surface area contributed by atoms with Crippen molar-refractivity contribution in [3.8, 4) is 34.0 Å². The molecule has 0 aliphatic rings. The molecule has 0 unspecified atom stereocenters. The molecule has 0 amide bonds. The SMILES string of the molecule is CC[C@H](N)CNc1nc(-c2cc(-c3ccccc3OC(F)(F)F)ccc2O)nc2ccccc12. The first-order chi connectivity index (χ1) is 16.2. The van der Waals surface area contributed by atoms with Gasteiger partial charge in [-0.05, 0) is 42.3 Å². The van der Waals surface area contributed by atoms with E-state index < -0.39 is 6.36 Å². The van der Waals surface area contributed by atoms with Gasteiger partial charge in [-0.1, -0.05) is 43.3 Å². The number of para-hydroxylation sites is 2. The number of nitrogens with zero attached hydrogens (tertiary/aromatic N) is 2. The number of aromatic nitrogens is 2. The molecule has 4 N–H and O–H groups in total. The third kappa shape index (κ3) is 5.20. The van der Waals surface area contributed by atoms with Crippen molar-refractivity contribution >= 4 is 16.7 Å². The fourth-order valence-electron chi connectivity index (χ4n) is 3.51. The van der Waals surface area contributed by atoms with Crippen LogP contribution in [-0.2, 0) is 0 Å². The van der Waals surface area contributed by atoms with Gasteiger partial charge in [0.05, 0.1) is 11.1 Å². The molecule has 0 aliphatic carbocycles. The molecule has 34 heavy (non-hydrogen) atoms. The lowest BCUT2D eigenvalue weighted by atomic mass is 10.0. The quantitative estimate of drug-likeness (QED) is 0.321. The van der Waals surface area contributed by atoms with Gasteiger partial charge in [0.25, 0.3) is 0 Å². The van der Waals surface area contributed by atoms with Crippen LogP contribution in [0.5, 0.6) is 11.5 Å². The van der Waals surface area contributed by atoms with Crippen molar-refractivity contribution in [2.75, 3.05) is 11.9 Å². The smallest absolute Gasteiger partial charge is 0.507 e. The number of anilines is 1. The summed E-state index contributed by atoms with van der Waals surface area (Å²) in [7, 11) is 0. The fraction of sp³-hybridized carbons (Fsp3) is 0.200. The van der Waals surface area contributed by atoms with Gasteiger partial charge in [0.15, 0.2) is 5.82 Å². The predicted molar refractivity (Wildman–Crippen MR) is 126 cm³/mol. The second-order valence-electron chi connectivity index (χ2n) is 7.74. The zero-order valence-corrected chi connectivity index (χ0v) is 18.3. The fourth-order valence-corrected chi connectivity index (χ4v) is 3.51. The molecule has 4 rings (SSSR count). The van der Waals surface area contributed by atoms with Gasteiger partial charge in [-0.3, -0.25) is 0 Å². The first kappa shape index (κ1) is 23.3. The minimum absolute atomic E-state index is 0.0703. The largest absolute Gasteiger partial charge is 0.573 e. The molecule has 0 spiro atoms. The summed E-state index contributed by atoms with van der Waals surface area (Å²) >= 11 is 0. The predicted octanol–water partition coefficient (Wildman–Crippen LogP) is 5.72. The monoisotopic (exact) mass is 468 g/mol. The number of ether oxygens (including phenoxy) is 1. The molecule has 9 heteroatoms. The Hall–Kier alpha value is -3.85. The second kappa shape index (κ2) is 9.56. The van der Waals surface area contributed by atoms with Crippen LogP contribution in [0.4, 0.5) is 19.0 Å². The number of phenols is 1. The number of benzene rings is 3. The standard InChI is InChI=1S/C25H23F3N4O2/c1-2-16(29)14-30-23-18-8-3-5-9-20(18)31-24(32-23)19-13-15(11-12-21(19)33)17-7-4-6-10-22(17)34-25(26,27)28/h3-13,16,33H,2,14,29H2,1H3,(H,30,31,32)/t16-/m0/s1. The molecule has 0 fully saturated rings. The van der Waals surface area contributed by atoms with Gasteiger partial charge in [-0.2, -0.15) is 0 Å². The molecule has 4 aromatic rings. The Morgan fingerprint density at radius 2 is 1.74 bits per heavy atom. The summed E-state index contributed by atoms with van der Waals surface area (Å²) in [4.78, 5) is 9.18. The van der Waals surface area contributed by atoms with Gasteiger partial charge in [-0.25, -0.2) is 9.97 Å². The molecule has 3 aromatic carbocycles. The summed E-state index contributed by atoms with van der Waals surface area (Å²) in [6, 6.07) is 17.6. The molecule has 176 valence electrons. The van der Waals surface area contributed by atoms with E-state index in [0.717, 1.165) is 11.8 Å². The highest BCUT2D eigenvalue weighted by molar-refractivity contribution is 5.91. The third-order valence-electron chi connectivity index (χ3n) is 5.32. The van der Waals surface area contributed by atoms with Crippen LogP contribution in [0.3, 0.4) is 0 Å². The van der Waals surface area contributed by atoms with Crippen molar-refractivity contribution in [1.29, 1.82) is 0 Å². The van der Waals surface area contributed by atoms with E-state index in [2.05, 4.69) is 20.0 Å². The summed E-state index contributed by atoms with van der Waals surface area (Å²) < 4.78 is 42.9. The van der Waals surface area contributed by atoms with Crippen LogP contribution in [0.1, 0.15) is 13.3 Å². The number of fused-ring (bicyclic) bond motifs is 1. The van der Waals surface area contributed by atoms with Crippen molar-refractivity contribution in [1.82, 2.24) is 9.97 Å². The Morgan fingerprint density at radius 1 is 1.00 bits per heavy atom. The molecule has 0 bridgehead atoms. The van der Waals surface area contributed by atoms with E-state index in [1.54, 1.807) is 12.1 Å². The van der Waals surface area contributed by atoms with E-state index in [9.17, 15) is 18.3 Å². The van der Waals surface area contributed by atoms with Crippen LogP contribution in [0.25, 0.3) is 33.4 Å². The van der Waals surface area contributed by atoms with Crippen LogP contribution < -0.4 is 15.8 Å². The van der Waals surface area contributed by atoms with Crippen LogP contribution in [-0.4, -0.2) is 34.0 Å². The van der Waals surface area contributed by atoms with Crippen LogP contribution in [0, 0.1) is 0 Å². The average molecular weight is 468 g/mol. The molecular weight excluding hydrogens is 445 g/mol. The zero-order valence-electron chi connectivity index (χ0n) is 18.3. The Labute approximate surface area is 194 Å². The van der Waals surface area contributed by atoms with E-state index in [4.69, 9.17) is 5.73 Å². The lowest BCUT2D eigenvalue weighted by Gasteiger charge is -2.16.